The number of hydrogen-bond donors (Lipinski definition) is 3. The summed E-state index contributed by atoms with van der Waals surface area (Å²) in [5, 5.41) is 5.47. The van der Waals surface area contributed by atoms with Crippen LogP contribution in [-0.2, 0) is 22.4 Å². The number of imidazole rings is 1. The van der Waals surface area contributed by atoms with Crippen molar-refractivity contribution >= 4 is 11.8 Å². The maximum atomic E-state index is 12.3. The lowest BCUT2D eigenvalue weighted by Crippen LogP contribution is -2.47. The van der Waals surface area contributed by atoms with Crippen LogP contribution in [0.5, 0.6) is 0 Å². The van der Waals surface area contributed by atoms with Gasteiger partial charge >= 0.3 is 0 Å². The summed E-state index contributed by atoms with van der Waals surface area (Å²) in [6.45, 7) is 5.61. The van der Waals surface area contributed by atoms with E-state index in [1.807, 2.05) is 19.9 Å². The molecule has 0 aliphatic heterocycles. The fourth-order valence-corrected chi connectivity index (χ4v) is 2.40. The van der Waals surface area contributed by atoms with Crippen molar-refractivity contribution < 1.29 is 9.59 Å². The quantitative estimate of drug-likeness (QED) is 0.672. The summed E-state index contributed by atoms with van der Waals surface area (Å²) in [6.07, 6.45) is 4.05. The number of hydrogen-bond acceptors (Lipinski definition) is 5. The molecule has 8 heteroatoms. The van der Waals surface area contributed by atoms with Crippen LogP contribution in [0.3, 0.4) is 0 Å². The Morgan fingerprint density at radius 1 is 1.25 bits per heavy atom. The summed E-state index contributed by atoms with van der Waals surface area (Å²) < 4.78 is 0. The van der Waals surface area contributed by atoms with Crippen LogP contribution in [0.2, 0.25) is 0 Å². The third kappa shape index (κ3) is 5.45. The minimum atomic E-state index is -0.650. The van der Waals surface area contributed by atoms with E-state index < -0.39 is 6.04 Å². The summed E-state index contributed by atoms with van der Waals surface area (Å²) in [5.41, 5.74) is 2.58. The van der Waals surface area contributed by atoms with Gasteiger partial charge in [0.15, 0.2) is 0 Å². The molecular weight excluding hydrogens is 308 g/mol. The first kappa shape index (κ1) is 17.6. The second-order valence-electron chi connectivity index (χ2n) is 5.64. The molecule has 0 saturated carbocycles. The van der Waals surface area contributed by atoms with Crippen molar-refractivity contribution in [3.63, 3.8) is 0 Å². The predicted molar refractivity (Wildman–Crippen MR) is 88.1 cm³/mol. The van der Waals surface area contributed by atoms with Crippen molar-refractivity contribution in [1.82, 2.24) is 30.6 Å². The number of aromatic amines is 1. The minimum Gasteiger partial charge on any atom is -0.354 e. The molecule has 2 amide bonds. The number of rotatable bonds is 7. The summed E-state index contributed by atoms with van der Waals surface area (Å²) >= 11 is 0. The molecule has 1 unspecified atom stereocenters. The molecule has 128 valence electrons. The lowest BCUT2D eigenvalue weighted by atomic mass is 10.1. The van der Waals surface area contributed by atoms with Crippen LogP contribution >= 0.6 is 0 Å². The van der Waals surface area contributed by atoms with Crippen molar-refractivity contribution in [3.05, 3.63) is 41.5 Å². The Bertz CT molecular complexity index is 678. The van der Waals surface area contributed by atoms with Crippen LogP contribution in [0.4, 0.5) is 0 Å². The summed E-state index contributed by atoms with van der Waals surface area (Å²) in [6, 6.07) is 1.25. The first-order valence-corrected chi connectivity index (χ1v) is 7.77. The average Bonchev–Trinajstić information content (AvgIpc) is 2.98. The molecule has 0 aromatic carbocycles. The maximum absolute atomic E-state index is 12.3. The highest BCUT2D eigenvalue weighted by Gasteiger charge is 2.20. The van der Waals surface area contributed by atoms with Crippen LogP contribution < -0.4 is 10.6 Å². The van der Waals surface area contributed by atoms with E-state index in [9.17, 15) is 9.59 Å². The normalized spacial score (nSPS) is 11.8. The molecule has 8 nitrogen and oxygen atoms in total. The van der Waals surface area contributed by atoms with Gasteiger partial charge in [0.25, 0.3) is 0 Å². The van der Waals surface area contributed by atoms with Gasteiger partial charge in [0.2, 0.25) is 11.8 Å². The average molecular weight is 330 g/mol. The van der Waals surface area contributed by atoms with Gasteiger partial charge in [0.05, 0.1) is 6.33 Å². The zero-order valence-corrected chi connectivity index (χ0v) is 14.1. The lowest BCUT2D eigenvalue weighted by molar-refractivity contribution is -0.128. The fraction of sp³-hybridized carbons (Fsp3) is 0.438. The molecule has 3 N–H and O–H groups in total. The molecule has 0 aliphatic rings. The monoisotopic (exact) mass is 330 g/mol. The van der Waals surface area contributed by atoms with Gasteiger partial charge in [0, 0.05) is 49.6 Å². The van der Waals surface area contributed by atoms with Crippen LogP contribution in [-0.4, -0.2) is 44.3 Å². The highest BCUT2D eigenvalue weighted by atomic mass is 16.2. The Morgan fingerprint density at radius 2 is 1.96 bits per heavy atom. The minimum absolute atomic E-state index is 0.246. The number of nitrogens with one attached hydrogen (secondary N) is 3. The van der Waals surface area contributed by atoms with Crippen molar-refractivity contribution in [1.29, 1.82) is 0 Å². The Balaban J connectivity index is 1.90. The largest absolute Gasteiger partial charge is 0.354 e. The van der Waals surface area contributed by atoms with Gasteiger partial charge in [-0.1, -0.05) is 0 Å². The van der Waals surface area contributed by atoms with E-state index >= 15 is 0 Å². The topological polar surface area (TPSA) is 113 Å². The molecule has 0 radical (unpaired) electrons. The molecule has 0 bridgehead atoms. The molecule has 24 heavy (non-hydrogen) atoms. The number of H-pyrrole nitrogens is 1. The zero-order chi connectivity index (χ0) is 17.5. The first-order chi connectivity index (χ1) is 11.4. The Hall–Kier alpha value is -2.77. The summed E-state index contributed by atoms with van der Waals surface area (Å²) in [4.78, 5) is 39.2. The molecule has 2 heterocycles. The second-order valence-corrected chi connectivity index (χ2v) is 5.64. The molecule has 0 aliphatic carbocycles. The first-order valence-electron chi connectivity index (χ1n) is 7.77. The number of amides is 2. The molecule has 0 fully saturated rings. The van der Waals surface area contributed by atoms with Crippen LogP contribution in [0.1, 0.15) is 29.8 Å². The van der Waals surface area contributed by atoms with Gasteiger partial charge in [0.1, 0.15) is 11.9 Å². The number of aromatic nitrogens is 4. The standard InChI is InChI=1S/C16H22N6O2/c1-10-6-11(2)21-15(20-10)4-5-18-16(24)14(22-12(3)23)7-13-8-17-9-19-13/h6,8-9,14H,4-5,7H2,1-3H3,(H,17,19)(H,18,24)(H,22,23). The van der Waals surface area contributed by atoms with E-state index in [0.29, 0.717) is 25.2 Å². The van der Waals surface area contributed by atoms with Crippen molar-refractivity contribution in [2.45, 2.75) is 39.7 Å². The Morgan fingerprint density at radius 3 is 2.54 bits per heavy atom. The van der Waals surface area contributed by atoms with Gasteiger partial charge in [-0.25, -0.2) is 15.0 Å². The van der Waals surface area contributed by atoms with E-state index in [-0.39, 0.29) is 11.8 Å². The van der Waals surface area contributed by atoms with E-state index in [1.54, 1.807) is 6.20 Å². The van der Waals surface area contributed by atoms with Gasteiger partial charge in [-0.15, -0.1) is 0 Å². The molecule has 2 aromatic rings. The Labute approximate surface area is 140 Å². The number of carbonyl (C=O) groups excluding carboxylic acids is 2. The van der Waals surface area contributed by atoms with Gasteiger partial charge in [-0.3, -0.25) is 9.59 Å². The van der Waals surface area contributed by atoms with E-state index in [0.717, 1.165) is 17.1 Å². The SMILES string of the molecule is CC(=O)NC(Cc1cnc[nH]1)C(=O)NCCc1nc(C)cc(C)n1. The molecule has 2 aromatic heterocycles. The van der Waals surface area contributed by atoms with Gasteiger partial charge < -0.3 is 15.6 Å². The van der Waals surface area contributed by atoms with Crippen LogP contribution in [0, 0.1) is 13.8 Å². The highest BCUT2D eigenvalue weighted by molar-refractivity contribution is 5.87. The van der Waals surface area contributed by atoms with E-state index in [1.165, 1.54) is 13.3 Å². The van der Waals surface area contributed by atoms with E-state index in [4.69, 9.17) is 0 Å². The third-order valence-electron chi connectivity index (χ3n) is 3.35. The summed E-state index contributed by atoms with van der Waals surface area (Å²) in [5.74, 6) is 0.189. The molecule has 1 atom stereocenters. The molecule has 0 saturated heterocycles. The van der Waals surface area contributed by atoms with Crippen molar-refractivity contribution in [3.8, 4) is 0 Å². The molecule has 0 spiro atoms. The Kier molecular flexibility index (Phi) is 6.00. The van der Waals surface area contributed by atoms with Crippen molar-refractivity contribution in [2.75, 3.05) is 6.54 Å². The highest BCUT2D eigenvalue weighted by Crippen LogP contribution is 2.01. The number of carbonyl (C=O) groups is 2. The lowest BCUT2D eigenvalue weighted by Gasteiger charge is -2.16. The third-order valence-corrected chi connectivity index (χ3v) is 3.35. The van der Waals surface area contributed by atoms with Crippen LogP contribution in [0.25, 0.3) is 0 Å². The fourth-order valence-electron chi connectivity index (χ4n) is 2.40. The van der Waals surface area contributed by atoms with Crippen molar-refractivity contribution in [2.24, 2.45) is 0 Å². The smallest absolute Gasteiger partial charge is 0.242 e. The number of nitrogens with zero attached hydrogens (tertiary/aromatic N) is 3. The molecular formula is C16H22N6O2. The van der Waals surface area contributed by atoms with Crippen LogP contribution in [0.15, 0.2) is 18.6 Å². The van der Waals surface area contributed by atoms with Gasteiger partial charge in [-0.2, -0.15) is 0 Å². The molecule has 2 rings (SSSR count). The van der Waals surface area contributed by atoms with E-state index in [2.05, 4.69) is 30.6 Å². The number of aryl methyl sites for hydroxylation is 2. The predicted octanol–water partition coefficient (Wildman–Crippen LogP) is 0.223. The zero-order valence-electron chi connectivity index (χ0n) is 14.1. The second kappa shape index (κ2) is 8.19. The van der Waals surface area contributed by atoms with Gasteiger partial charge in [-0.05, 0) is 19.9 Å². The summed E-state index contributed by atoms with van der Waals surface area (Å²) in [7, 11) is 0. The maximum Gasteiger partial charge on any atom is 0.242 e.